The Morgan fingerprint density at radius 1 is 0.774 bits per heavy atom. The fourth-order valence-electron chi connectivity index (χ4n) is 4.12. The molecule has 4 nitrogen and oxygen atoms in total. The summed E-state index contributed by atoms with van der Waals surface area (Å²) < 4.78 is 5.71. The van der Waals surface area contributed by atoms with Crippen LogP contribution >= 0.6 is 0 Å². The minimum atomic E-state index is -0.00146. The van der Waals surface area contributed by atoms with Crippen molar-refractivity contribution >= 4 is 5.97 Å². The number of hydrogen-bond donors (Lipinski definition) is 2. The summed E-state index contributed by atoms with van der Waals surface area (Å²) in [4.78, 5) is 12.3. The molecule has 0 rings (SSSR count). The normalized spacial score (nSPS) is 12.4. The maximum absolute atomic E-state index is 12.3. The first-order valence-electron chi connectivity index (χ1n) is 13.6. The van der Waals surface area contributed by atoms with Crippen molar-refractivity contribution in [3.8, 4) is 0 Å². The van der Waals surface area contributed by atoms with Crippen LogP contribution in [-0.4, -0.2) is 37.4 Å². The Morgan fingerprint density at radius 3 is 1.94 bits per heavy atom. The molecule has 0 radical (unpaired) electrons. The molecule has 1 atom stereocenters. The predicted octanol–water partition coefficient (Wildman–Crippen LogP) is 7.04. The molecule has 0 spiro atoms. The van der Waals surface area contributed by atoms with Gasteiger partial charge < -0.3 is 15.2 Å². The second-order valence-electron chi connectivity index (χ2n) is 9.57. The lowest BCUT2D eigenvalue weighted by atomic mass is 9.95. The minimum Gasteiger partial charge on any atom is -0.465 e. The van der Waals surface area contributed by atoms with Gasteiger partial charge in [-0.1, -0.05) is 97.8 Å². The van der Waals surface area contributed by atoms with Crippen molar-refractivity contribution in [2.45, 2.75) is 130 Å². The van der Waals surface area contributed by atoms with E-state index >= 15 is 0 Å². The molecule has 0 heterocycles. The molecule has 0 aromatic carbocycles. The van der Waals surface area contributed by atoms with Crippen LogP contribution in [0.25, 0.3) is 0 Å². The Morgan fingerprint density at radius 2 is 1.35 bits per heavy atom. The van der Waals surface area contributed by atoms with Gasteiger partial charge in [0.1, 0.15) is 0 Å². The van der Waals surface area contributed by atoms with E-state index in [1.54, 1.807) is 0 Å². The second-order valence-corrected chi connectivity index (χ2v) is 9.57. The number of carbonyl (C=O) groups is 1. The highest BCUT2D eigenvalue weighted by atomic mass is 16.5. The number of aliphatic hydroxyl groups excluding tert-OH is 1. The van der Waals surface area contributed by atoms with Crippen LogP contribution in [-0.2, 0) is 9.53 Å². The molecule has 0 aliphatic rings. The summed E-state index contributed by atoms with van der Waals surface area (Å²) in [7, 11) is 0. The van der Waals surface area contributed by atoms with E-state index in [2.05, 4.69) is 26.1 Å². The molecule has 0 aliphatic carbocycles. The molecule has 4 heteroatoms. The van der Waals surface area contributed by atoms with E-state index in [1.807, 2.05) is 0 Å². The summed E-state index contributed by atoms with van der Waals surface area (Å²) in [5.74, 6) is 1.12. The van der Waals surface area contributed by atoms with Crippen molar-refractivity contribution in [2.75, 3.05) is 26.3 Å². The topological polar surface area (TPSA) is 58.6 Å². The van der Waals surface area contributed by atoms with Crippen molar-refractivity contribution in [2.24, 2.45) is 11.8 Å². The molecule has 186 valence electrons. The third kappa shape index (κ3) is 22.4. The fourth-order valence-corrected chi connectivity index (χ4v) is 4.12. The zero-order chi connectivity index (χ0) is 23.0. The quantitative estimate of drug-likeness (QED) is 0.125. The van der Waals surface area contributed by atoms with Crippen LogP contribution in [0.1, 0.15) is 130 Å². The van der Waals surface area contributed by atoms with Crippen LogP contribution in [0.2, 0.25) is 0 Å². The van der Waals surface area contributed by atoms with Gasteiger partial charge in [0.25, 0.3) is 0 Å². The maximum atomic E-state index is 12.3. The number of ether oxygens (including phenoxy) is 1. The van der Waals surface area contributed by atoms with E-state index in [4.69, 9.17) is 9.84 Å². The monoisotopic (exact) mass is 441 g/mol. The Hall–Kier alpha value is -0.610. The fraction of sp³-hybridized carbons (Fsp3) is 0.963. The molecular formula is C27H55NO3. The average molecular weight is 442 g/mol. The van der Waals surface area contributed by atoms with E-state index in [9.17, 15) is 4.79 Å². The molecule has 0 aliphatic heterocycles. The van der Waals surface area contributed by atoms with Gasteiger partial charge in [-0.05, 0) is 44.1 Å². The highest BCUT2D eigenvalue weighted by Gasteiger charge is 2.13. The van der Waals surface area contributed by atoms with E-state index in [-0.39, 0.29) is 12.6 Å². The summed E-state index contributed by atoms with van der Waals surface area (Å²) >= 11 is 0. The van der Waals surface area contributed by atoms with Gasteiger partial charge in [-0.2, -0.15) is 0 Å². The summed E-state index contributed by atoms with van der Waals surface area (Å²) in [6.45, 7) is 9.24. The van der Waals surface area contributed by atoms with Gasteiger partial charge >= 0.3 is 5.97 Å². The van der Waals surface area contributed by atoms with Crippen LogP contribution in [0.15, 0.2) is 0 Å². The van der Waals surface area contributed by atoms with Crippen molar-refractivity contribution in [3.63, 3.8) is 0 Å². The zero-order valence-electron chi connectivity index (χ0n) is 21.3. The molecule has 31 heavy (non-hydrogen) atoms. The van der Waals surface area contributed by atoms with Crippen LogP contribution in [0.4, 0.5) is 0 Å². The van der Waals surface area contributed by atoms with Gasteiger partial charge in [-0.25, -0.2) is 0 Å². The Labute approximate surface area is 194 Å². The first kappa shape index (κ1) is 30.4. The smallest absolute Gasteiger partial charge is 0.305 e. The molecule has 0 saturated heterocycles. The predicted molar refractivity (Wildman–Crippen MR) is 133 cm³/mol. The number of nitrogens with one attached hydrogen (secondary N) is 1. The average Bonchev–Trinajstić information content (AvgIpc) is 2.77. The van der Waals surface area contributed by atoms with Crippen LogP contribution in [0.5, 0.6) is 0 Å². The third-order valence-electron chi connectivity index (χ3n) is 6.34. The number of unbranched alkanes of at least 4 members (excludes halogenated alkanes) is 9. The van der Waals surface area contributed by atoms with E-state index < -0.39 is 0 Å². The van der Waals surface area contributed by atoms with Gasteiger partial charge in [0.2, 0.25) is 0 Å². The molecule has 0 aromatic heterocycles. The standard InChI is InChI=1S/C27H55NO3/c1-4-6-8-10-12-17-26(18-13-11-9-7-5-2)24-31-27(30)20-19-25(3)16-14-15-21-28-22-23-29/h25-26,28-29H,4-24H2,1-3H3. The molecule has 2 N–H and O–H groups in total. The minimum absolute atomic E-state index is 0.00146. The zero-order valence-corrected chi connectivity index (χ0v) is 21.3. The highest BCUT2D eigenvalue weighted by Crippen LogP contribution is 2.20. The van der Waals surface area contributed by atoms with Gasteiger partial charge in [0.05, 0.1) is 13.2 Å². The molecule has 0 aromatic rings. The largest absolute Gasteiger partial charge is 0.465 e. The number of rotatable bonds is 24. The Bertz CT molecular complexity index is 361. The highest BCUT2D eigenvalue weighted by molar-refractivity contribution is 5.69. The first-order chi connectivity index (χ1) is 15.1. The first-order valence-corrected chi connectivity index (χ1v) is 13.6. The molecule has 0 amide bonds. The van der Waals surface area contributed by atoms with E-state index in [0.29, 0.717) is 31.4 Å². The maximum Gasteiger partial charge on any atom is 0.305 e. The lowest BCUT2D eigenvalue weighted by Crippen LogP contribution is -2.19. The second kappa shape index (κ2) is 24.0. The summed E-state index contributed by atoms with van der Waals surface area (Å²) in [5, 5.41) is 12.0. The lowest BCUT2D eigenvalue weighted by molar-refractivity contribution is -0.145. The number of hydrogen-bond acceptors (Lipinski definition) is 4. The number of esters is 1. The summed E-state index contributed by atoms with van der Waals surface area (Å²) in [6.07, 6.45) is 20.5. The van der Waals surface area contributed by atoms with Gasteiger partial charge in [-0.3, -0.25) is 4.79 Å². The summed E-state index contributed by atoms with van der Waals surface area (Å²) in [6, 6.07) is 0. The molecular weight excluding hydrogens is 386 g/mol. The van der Waals surface area contributed by atoms with E-state index in [1.165, 1.54) is 83.5 Å². The van der Waals surface area contributed by atoms with Gasteiger partial charge in [0, 0.05) is 13.0 Å². The lowest BCUT2D eigenvalue weighted by Gasteiger charge is -2.18. The van der Waals surface area contributed by atoms with Crippen molar-refractivity contribution in [1.29, 1.82) is 0 Å². The van der Waals surface area contributed by atoms with Crippen LogP contribution in [0, 0.1) is 11.8 Å². The van der Waals surface area contributed by atoms with Crippen molar-refractivity contribution in [3.05, 3.63) is 0 Å². The van der Waals surface area contributed by atoms with Crippen molar-refractivity contribution < 1.29 is 14.6 Å². The van der Waals surface area contributed by atoms with Crippen LogP contribution < -0.4 is 5.32 Å². The van der Waals surface area contributed by atoms with Gasteiger partial charge in [-0.15, -0.1) is 0 Å². The van der Waals surface area contributed by atoms with Crippen molar-refractivity contribution in [1.82, 2.24) is 5.32 Å². The van der Waals surface area contributed by atoms with E-state index in [0.717, 1.165) is 25.8 Å². The summed E-state index contributed by atoms with van der Waals surface area (Å²) in [5.41, 5.74) is 0. The number of carbonyl (C=O) groups excluding carboxylic acids is 1. The number of aliphatic hydroxyl groups is 1. The molecule has 0 bridgehead atoms. The Balaban J connectivity index is 3.99. The molecule has 1 unspecified atom stereocenters. The molecule has 0 fully saturated rings. The van der Waals surface area contributed by atoms with Crippen LogP contribution in [0.3, 0.4) is 0 Å². The molecule has 0 saturated carbocycles. The Kier molecular flexibility index (Phi) is 23.6. The third-order valence-corrected chi connectivity index (χ3v) is 6.34. The van der Waals surface area contributed by atoms with Gasteiger partial charge in [0.15, 0.2) is 0 Å². The SMILES string of the molecule is CCCCCCCC(CCCCCCC)COC(=O)CCC(C)CCCCNCCO.